The van der Waals surface area contributed by atoms with Crippen LogP contribution in [0.3, 0.4) is 0 Å². The van der Waals surface area contributed by atoms with Crippen LogP contribution >= 0.6 is 0 Å². The average Bonchev–Trinajstić information content (AvgIpc) is 3.60. The number of ether oxygens (including phenoxy) is 4. The topological polar surface area (TPSA) is 45.7 Å². The fraction of sp³-hybridized carbons (Fsp3) is 0.597. The summed E-state index contributed by atoms with van der Waals surface area (Å²) in [6.45, 7) is 46.4. The minimum absolute atomic E-state index is 0. The molecule has 0 aliphatic heterocycles. The largest absolute Gasteiger partial charge is 0.498 e. The Bertz CT molecular complexity index is 2370. The Morgan fingerprint density at radius 2 is 0.958 bits per heavy atom. The second kappa shape index (κ2) is 30.8. The number of benzene rings is 3. The first-order valence-corrected chi connectivity index (χ1v) is 26.1. The monoisotopic (exact) mass is 1700 g/mol. The van der Waals surface area contributed by atoms with Crippen molar-refractivity contribution in [2.75, 3.05) is 19.8 Å². The molecule has 0 saturated heterocycles. The quantitative estimate of drug-likeness (QED) is 0.0340. The van der Waals surface area contributed by atoms with Gasteiger partial charge in [0.15, 0.2) is 0 Å². The molecule has 0 unspecified atom stereocenters. The second-order valence-corrected chi connectivity index (χ2v) is 23.5. The van der Waals surface area contributed by atoms with Crippen LogP contribution in [0.1, 0.15) is 213 Å². The third kappa shape index (κ3) is 19.9. The number of aromatic nitrogens is 2. The van der Waals surface area contributed by atoms with Gasteiger partial charge in [-0.25, -0.2) is 0 Å². The maximum Gasteiger partial charge on any atom is 0.204 e. The number of allylic oxidation sites excluding steroid dienone is 4. The molecule has 0 amide bonds. The summed E-state index contributed by atoms with van der Waals surface area (Å²) in [7, 11) is 2.05. The van der Waals surface area contributed by atoms with Crippen LogP contribution < -0.4 is 18.8 Å². The Kier molecular flexibility index (Phi) is 30.0. The number of aryl methyl sites for hydroxylation is 3. The fourth-order valence-corrected chi connectivity index (χ4v) is 8.42. The average molecular weight is 1700 g/mol. The van der Waals surface area contributed by atoms with E-state index < -0.39 is 0 Å². The Labute approximate surface area is 493 Å². The molecule has 0 aliphatic carbocycles. The molecule has 10 heteroatoms. The standard InChI is InChI=1S/C62H94N2O4.4Ir/c1-21-26-64-42-63(20)40-55(64)41-68-58-47(31-46(44(7)65-27-22-2)30-43(6)59(8,9)10)35-53(61(14,15)16)39-51(58)33-50-38-54(62(17,18)19)37-49(57(50)67-29-24-4)32-48-36-52(60(11,12)13)34-45(25-5)56(48)66-28-23-3;;;;/h30,34-40H,21-29,31-33,41H2,1-20H3;;;;/b43-30+,46-44-;;;;. The molecule has 0 saturated carbocycles. The normalized spacial score (nSPS) is 12.5. The predicted octanol–water partition coefficient (Wildman–Crippen LogP) is 15.5. The summed E-state index contributed by atoms with van der Waals surface area (Å²) in [4.78, 5) is 0. The zero-order chi connectivity index (χ0) is 50.8. The van der Waals surface area contributed by atoms with Gasteiger partial charge in [0.25, 0.3) is 0 Å². The summed E-state index contributed by atoms with van der Waals surface area (Å²) in [6.07, 6.45) is 14.7. The Morgan fingerprint density at radius 3 is 1.35 bits per heavy atom. The van der Waals surface area contributed by atoms with E-state index >= 15 is 0 Å². The fourth-order valence-electron chi connectivity index (χ4n) is 8.42. The molecule has 0 atom stereocenters. The number of rotatable bonds is 22. The Morgan fingerprint density at radius 1 is 0.556 bits per heavy atom. The molecule has 1 heterocycles. The molecule has 0 N–H and O–H groups in total. The van der Waals surface area contributed by atoms with Gasteiger partial charge in [0.2, 0.25) is 6.33 Å². The summed E-state index contributed by atoms with van der Waals surface area (Å²) in [5, 5.41) is 0. The molecule has 4 rings (SSSR count). The van der Waals surface area contributed by atoms with Crippen molar-refractivity contribution in [1.29, 1.82) is 0 Å². The summed E-state index contributed by atoms with van der Waals surface area (Å²) in [5.74, 6) is 3.89. The van der Waals surface area contributed by atoms with Crippen molar-refractivity contribution in [3.05, 3.63) is 128 Å². The van der Waals surface area contributed by atoms with E-state index in [1.165, 1.54) is 50.1 Å². The summed E-state index contributed by atoms with van der Waals surface area (Å²) >= 11 is 0. The van der Waals surface area contributed by atoms with Gasteiger partial charge in [-0.05, 0) is 129 Å². The van der Waals surface area contributed by atoms with Crippen LogP contribution in [0.25, 0.3) is 0 Å². The van der Waals surface area contributed by atoms with Gasteiger partial charge in [-0.2, -0.15) is 0 Å². The second-order valence-electron chi connectivity index (χ2n) is 23.5. The van der Waals surface area contributed by atoms with Crippen molar-refractivity contribution in [2.45, 2.75) is 212 Å². The minimum atomic E-state index is -0.126. The molecule has 0 spiro atoms. The van der Waals surface area contributed by atoms with Crippen LogP contribution in [0.5, 0.6) is 17.2 Å². The SMILES string of the molecule is CCCO/C(C)=C(/C=C(\C)C(C)(C)C)Cc1cc(C(C)(C)C)cc(Cc2cc(C(C)(C)C)cc(Cc3cc(C(C)(C)C)cc(CC)c3OCCC)c2OCCC)c1OCc1cn(C)[c-][n+]1CCC.[Ir].[Ir].[Ir].[Ir]. The van der Waals surface area contributed by atoms with Gasteiger partial charge >= 0.3 is 0 Å². The van der Waals surface area contributed by atoms with E-state index in [-0.39, 0.29) is 102 Å². The molecular weight excluding hydrogens is 1610 g/mol. The molecule has 412 valence electrons. The summed E-state index contributed by atoms with van der Waals surface area (Å²) in [5.41, 5.74) is 14.4. The molecule has 6 nitrogen and oxygen atoms in total. The van der Waals surface area contributed by atoms with Crippen molar-refractivity contribution in [1.82, 2.24) is 4.57 Å². The van der Waals surface area contributed by atoms with Gasteiger partial charge in [-0.1, -0.05) is 166 Å². The Hall–Kier alpha value is -1.85. The number of imidazole rings is 1. The molecule has 4 aromatic rings. The number of nitrogens with zero attached hydrogens (tertiary/aromatic N) is 2. The van der Waals surface area contributed by atoms with Crippen LogP contribution in [0, 0.1) is 11.7 Å². The van der Waals surface area contributed by atoms with Crippen LogP contribution in [0.2, 0.25) is 0 Å². The number of hydrogen-bond acceptors (Lipinski definition) is 4. The van der Waals surface area contributed by atoms with Gasteiger partial charge in [0, 0.05) is 105 Å². The first-order valence-electron chi connectivity index (χ1n) is 26.1. The maximum atomic E-state index is 7.30. The van der Waals surface area contributed by atoms with Crippen molar-refractivity contribution in [3.8, 4) is 17.2 Å². The van der Waals surface area contributed by atoms with E-state index in [4.69, 9.17) is 18.9 Å². The maximum absolute atomic E-state index is 7.30. The van der Waals surface area contributed by atoms with Crippen molar-refractivity contribution in [3.63, 3.8) is 0 Å². The molecule has 1 aromatic heterocycles. The van der Waals surface area contributed by atoms with E-state index in [0.717, 1.165) is 78.5 Å². The third-order valence-corrected chi connectivity index (χ3v) is 13.1. The van der Waals surface area contributed by atoms with E-state index in [2.05, 4.69) is 191 Å². The van der Waals surface area contributed by atoms with Crippen molar-refractivity contribution >= 4 is 0 Å². The molecule has 0 fully saturated rings. The minimum Gasteiger partial charge on any atom is -0.498 e. The molecule has 72 heavy (non-hydrogen) atoms. The van der Waals surface area contributed by atoms with Gasteiger partial charge in [0.05, 0.1) is 45.8 Å². The van der Waals surface area contributed by atoms with Gasteiger partial charge in [0.1, 0.15) is 17.2 Å². The zero-order valence-electron chi connectivity index (χ0n) is 48.2. The summed E-state index contributed by atoms with van der Waals surface area (Å²) < 4.78 is 31.7. The van der Waals surface area contributed by atoms with Crippen LogP contribution in [0.15, 0.2) is 65.6 Å². The van der Waals surface area contributed by atoms with E-state index in [1.54, 1.807) is 0 Å². The van der Waals surface area contributed by atoms with Crippen LogP contribution in [-0.4, -0.2) is 24.4 Å². The molecule has 3 aromatic carbocycles. The van der Waals surface area contributed by atoms with Crippen molar-refractivity contribution in [2.24, 2.45) is 12.5 Å². The molecular formula is C62H94Ir4N2O4. The molecule has 0 bridgehead atoms. The van der Waals surface area contributed by atoms with Gasteiger partial charge in [-0.3, -0.25) is 0 Å². The van der Waals surface area contributed by atoms with Crippen LogP contribution in [-0.2, 0) is 147 Å². The Balaban J connectivity index is 0.0000126. The van der Waals surface area contributed by atoms with E-state index in [9.17, 15) is 0 Å². The van der Waals surface area contributed by atoms with Crippen LogP contribution in [0.4, 0.5) is 0 Å². The zero-order valence-corrected chi connectivity index (χ0v) is 57.8. The number of hydrogen-bond donors (Lipinski definition) is 0. The molecule has 4 radical (unpaired) electrons. The van der Waals surface area contributed by atoms with Gasteiger partial charge < -0.3 is 28.1 Å². The molecule has 0 aliphatic rings. The van der Waals surface area contributed by atoms with Gasteiger partial charge in [-0.15, -0.1) is 0 Å². The predicted molar refractivity (Wildman–Crippen MR) is 287 cm³/mol. The summed E-state index contributed by atoms with van der Waals surface area (Å²) in [6, 6.07) is 14.4. The van der Waals surface area contributed by atoms with E-state index in [1.807, 2.05) is 11.6 Å². The van der Waals surface area contributed by atoms with E-state index in [0.29, 0.717) is 45.7 Å². The first-order chi connectivity index (χ1) is 31.7. The van der Waals surface area contributed by atoms with Crippen molar-refractivity contribution < 1.29 is 104 Å². The third-order valence-electron chi connectivity index (χ3n) is 13.1. The first kappa shape index (κ1) is 70.1. The smallest absolute Gasteiger partial charge is 0.204 e.